The zero-order valence-corrected chi connectivity index (χ0v) is 15.0. The first kappa shape index (κ1) is 16.0. The predicted octanol–water partition coefficient (Wildman–Crippen LogP) is 2.03. The number of halogens is 1. The van der Waals surface area contributed by atoms with Crippen molar-refractivity contribution in [2.24, 2.45) is 7.05 Å². The van der Waals surface area contributed by atoms with Crippen molar-refractivity contribution < 1.29 is 0 Å². The van der Waals surface area contributed by atoms with Crippen LogP contribution in [0.1, 0.15) is 12.5 Å². The Hall–Kier alpha value is -2.54. The molecule has 0 saturated heterocycles. The molecule has 1 aliphatic rings. The molecule has 2 aromatic heterocycles. The van der Waals surface area contributed by atoms with E-state index in [1.807, 2.05) is 34.6 Å². The fraction of sp³-hybridized carbons (Fsp3) is 0.353. The van der Waals surface area contributed by atoms with Crippen LogP contribution in [0.25, 0.3) is 11.2 Å². The summed E-state index contributed by atoms with van der Waals surface area (Å²) in [4.78, 5) is 31.8. The van der Waals surface area contributed by atoms with Crippen LogP contribution in [0, 0.1) is 6.92 Å². The Bertz CT molecular complexity index is 1120. The fourth-order valence-corrected chi connectivity index (χ4v) is 3.64. The van der Waals surface area contributed by atoms with Crippen molar-refractivity contribution in [3.63, 3.8) is 0 Å². The van der Waals surface area contributed by atoms with Gasteiger partial charge in [-0.15, -0.1) is 0 Å². The number of hydrogen-bond acceptors (Lipinski definition) is 4. The second kappa shape index (κ2) is 5.49. The molecule has 0 radical (unpaired) electrons. The van der Waals surface area contributed by atoms with Crippen LogP contribution in [0.4, 0.5) is 11.6 Å². The summed E-state index contributed by atoms with van der Waals surface area (Å²) >= 11 is 6.26. The van der Waals surface area contributed by atoms with Crippen molar-refractivity contribution >= 4 is 34.4 Å². The molecule has 0 spiro atoms. The third kappa shape index (κ3) is 2.08. The maximum Gasteiger partial charge on any atom is 0.332 e. The molecule has 3 aromatic rings. The Morgan fingerprint density at radius 2 is 2.00 bits per heavy atom. The van der Waals surface area contributed by atoms with Gasteiger partial charge < -0.3 is 9.47 Å². The first-order chi connectivity index (χ1) is 12.0. The van der Waals surface area contributed by atoms with Gasteiger partial charge in [-0.1, -0.05) is 17.7 Å². The molecule has 0 atom stereocenters. The Labute approximate surface area is 148 Å². The molecule has 4 rings (SSSR count). The quantitative estimate of drug-likeness (QED) is 0.702. The van der Waals surface area contributed by atoms with E-state index in [0.29, 0.717) is 41.8 Å². The van der Waals surface area contributed by atoms with Crippen molar-refractivity contribution in [2.45, 2.75) is 26.9 Å². The monoisotopic (exact) mass is 359 g/mol. The molecule has 25 heavy (non-hydrogen) atoms. The smallest absolute Gasteiger partial charge is 0.310 e. The second-order valence-corrected chi connectivity index (χ2v) is 6.57. The average molecular weight is 360 g/mol. The van der Waals surface area contributed by atoms with E-state index in [1.165, 1.54) is 9.13 Å². The highest BCUT2D eigenvalue weighted by atomic mass is 35.5. The number of rotatable bonds is 2. The SMILES string of the molecule is CCn1c(=O)c2c(nc3n2CCN3c2cccc(Cl)c2C)n(C)c1=O. The highest BCUT2D eigenvalue weighted by molar-refractivity contribution is 6.31. The van der Waals surface area contributed by atoms with E-state index in [-0.39, 0.29) is 11.2 Å². The maximum absolute atomic E-state index is 12.8. The Balaban J connectivity index is 2.01. The zero-order chi connectivity index (χ0) is 17.9. The van der Waals surface area contributed by atoms with Gasteiger partial charge in [-0.3, -0.25) is 13.9 Å². The van der Waals surface area contributed by atoms with Gasteiger partial charge in [0.1, 0.15) is 0 Å². The maximum atomic E-state index is 12.8. The van der Waals surface area contributed by atoms with E-state index in [1.54, 1.807) is 14.0 Å². The summed E-state index contributed by atoms with van der Waals surface area (Å²) in [6.07, 6.45) is 0. The Kier molecular flexibility index (Phi) is 3.50. The van der Waals surface area contributed by atoms with Gasteiger partial charge in [0.25, 0.3) is 5.56 Å². The van der Waals surface area contributed by atoms with Crippen LogP contribution in [0.15, 0.2) is 27.8 Å². The molecule has 130 valence electrons. The minimum absolute atomic E-state index is 0.288. The number of fused-ring (bicyclic) bond motifs is 3. The number of benzene rings is 1. The lowest BCUT2D eigenvalue weighted by atomic mass is 10.2. The summed E-state index contributed by atoms with van der Waals surface area (Å²) < 4.78 is 4.57. The molecule has 0 fully saturated rings. The lowest BCUT2D eigenvalue weighted by molar-refractivity contribution is 0.633. The minimum Gasteiger partial charge on any atom is -0.310 e. The molecular formula is C17H18ClN5O2. The third-order valence-corrected chi connectivity index (χ3v) is 5.26. The molecule has 0 amide bonds. The van der Waals surface area contributed by atoms with Crippen molar-refractivity contribution in [2.75, 3.05) is 11.4 Å². The number of nitrogens with zero attached hydrogens (tertiary/aromatic N) is 5. The van der Waals surface area contributed by atoms with E-state index in [9.17, 15) is 9.59 Å². The van der Waals surface area contributed by atoms with E-state index in [0.717, 1.165) is 11.3 Å². The van der Waals surface area contributed by atoms with Gasteiger partial charge in [0.2, 0.25) is 5.95 Å². The number of aromatic nitrogens is 4. The van der Waals surface area contributed by atoms with Crippen LogP contribution in [-0.4, -0.2) is 25.2 Å². The summed E-state index contributed by atoms with van der Waals surface area (Å²) in [7, 11) is 1.65. The van der Waals surface area contributed by atoms with Crippen LogP contribution in [0.5, 0.6) is 0 Å². The fourth-order valence-electron chi connectivity index (χ4n) is 3.47. The summed E-state index contributed by atoms with van der Waals surface area (Å²) in [6, 6.07) is 5.73. The van der Waals surface area contributed by atoms with Gasteiger partial charge in [0.15, 0.2) is 11.2 Å². The summed E-state index contributed by atoms with van der Waals surface area (Å²) in [5.74, 6) is 0.668. The second-order valence-electron chi connectivity index (χ2n) is 6.16. The number of anilines is 2. The van der Waals surface area contributed by atoms with Gasteiger partial charge in [0, 0.05) is 37.4 Å². The molecule has 0 N–H and O–H groups in total. The van der Waals surface area contributed by atoms with E-state index < -0.39 is 0 Å². The van der Waals surface area contributed by atoms with Crippen molar-refractivity contribution in [3.05, 3.63) is 49.6 Å². The van der Waals surface area contributed by atoms with Crippen LogP contribution < -0.4 is 16.1 Å². The number of hydrogen-bond donors (Lipinski definition) is 0. The lowest BCUT2D eigenvalue weighted by Gasteiger charge is -2.19. The van der Waals surface area contributed by atoms with Crippen LogP contribution >= 0.6 is 11.6 Å². The molecule has 0 unspecified atom stereocenters. The van der Waals surface area contributed by atoms with Crippen molar-refractivity contribution in [1.29, 1.82) is 0 Å². The van der Waals surface area contributed by atoms with Gasteiger partial charge in [0.05, 0.1) is 0 Å². The molecule has 8 heteroatoms. The zero-order valence-electron chi connectivity index (χ0n) is 14.3. The summed E-state index contributed by atoms with van der Waals surface area (Å²) in [5.41, 5.74) is 2.18. The van der Waals surface area contributed by atoms with Crippen molar-refractivity contribution in [3.8, 4) is 0 Å². The van der Waals surface area contributed by atoms with Crippen LogP contribution in [0.2, 0.25) is 5.02 Å². The van der Waals surface area contributed by atoms with E-state index >= 15 is 0 Å². The topological polar surface area (TPSA) is 65.1 Å². The molecule has 3 heterocycles. The lowest BCUT2D eigenvalue weighted by Crippen LogP contribution is -2.39. The molecule has 1 aromatic carbocycles. The van der Waals surface area contributed by atoms with Gasteiger partial charge in [-0.05, 0) is 31.5 Å². The number of aryl methyl sites for hydroxylation is 1. The van der Waals surface area contributed by atoms with E-state index in [4.69, 9.17) is 11.6 Å². The van der Waals surface area contributed by atoms with Crippen LogP contribution in [0.3, 0.4) is 0 Å². The first-order valence-electron chi connectivity index (χ1n) is 8.18. The van der Waals surface area contributed by atoms with Crippen LogP contribution in [-0.2, 0) is 20.1 Å². The highest BCUT2D eigenvalue weighted by Crippen LogP contribution is 2.35. The molecule has 0 saturated carbocycles. The largest absolute Gasteiger partial charge is 0.332 e. The van der Waals surface area contributed by atoms with Gasteiger partial charge >= 0.3 is 5.69 Å². The first-order valence-corrected chi connectivity index (χ1v) is 8.56. The molecule has 0 bridgehead atoms. The third-order valence-electron chi connectivity index (χ3n) is 4.85. The standard InChI is InChI=1S/C17H18ClN5O2/c1-4-21-15(24)13-14(20(3)17(21)25)19-16-22(8-9-23(13)16)12-7-5-6-11(18)10(12)2/h5-7H,4,8-9H2,1-3H3. The molecule has 7 nitrogen and oxygen atoms in total. The van der Waals surface area contributed by atoms with Crippen molar-refractivity contribution in [1.82, 2.24) is 18.7 Å². The average Bonchev–Trinajstić information content (AvgIpc) is 3.15. The Morgan fingerprint density at radius 1 is 1.24 bits per heavy atom. The van der Waals surface area contributed by atoms with Gasteiger partial charge in [-0.25, -0.2) is 4.79 Å². The van der Waals surface area contributed by atoms with Gasteiger partial charge in [-0.2, -0.15) is 4.98 Å². The van der Waals surface area contributed by atoms with E-state index in [2.05, 4.69) is 4.98 Å². The predicted molar refractivity (Wildman–Crippen MR) is 98.1 cm³/mol. The highest BCUT2D eigenvalue weighted by Gasteiger charge is 2.29. The molecule has 1 aliphatic heterocycles. The summed E-state index contributed by atoms with van der Waals surface area (Å²) in [6.45, 7) is 5.42. The normalized spacial score (nSPS) is 13.7. The minimum atomic E-state index is -0.345. The summed E-state index contributed by atoms with van der Waals surface area (Å²) in [5, 5.41) is 0.688. The Morgan fingerprint density at radius 3 is 2.72 bits per heavy atom. The molecular weight excluding hydrogens is 342 g/mol. The molecule has 0 aliphatic carbocycles. The number of imidazole rings is 1.